The molecule has 0 aliphatic carbocycles. The van der Waals surface area contributed by atoms with Gasteiger partial charge in [-0.3, -0.25) is 0 Å². The third-order valence-electron chi connectivity index (χ3n) is 5.10. The smallest absolute Gasteiger partial charge is 0.328 e. The Morgan fingerprint density at radius 1 is 1.38 bits per heavy atom. The Labute approximate surface area is 146 Å². The van der Waals surface area contributed by atoms with E-state index in [0.29, 0.717) is 5.92 Å². The number of fused-ring (bicyclic) bond motifs is 1. The maximum Gasteiger partial charge on any atom is 0.328 e. The quantitative estimate of drug-likeness (QED) is 0.718. The van der Waals surface area contributed by atoms with Gasteiger partial charge in [-0.2, -0.15) is 0 Å². The van der Waals surface area contributed by atoms with Crippen molar-refractivity contribution in [3.8, 4) is 5.75 Å². The highest BCUT2D eigenvalue weighted by Gasteiger charge is 2.42. The third-order valence-corrected chi connectivity index (χ3v) is 5.10. The molecule has 4 nitrogen and oxygen atoms in total. The molecule has 2 rings (SSSR count). The Morgan fingerprint density at radius 3 is 2.67 bits per heavy atom. The summed E-state index contributed by atoms with van der Waals surface area (Å²) in [5, 5.41) is 0. The second-order valence-electron chi connectivity index (χ2n) is 7.39. The van der Waals surface area contributed by atoms with Crippen molar-refractivity contribution < 1.29 is 14.3 Å². The molecule has 0 spiro atoms. The number of nitrogens with zero attached hydrogens (tertiary/aromatic N) is 1. The fourth-order valence-corrected chi connectivity index (χ4v) is 4.04. The summed E-state index contributed by atoms with van der Waals surface area (Å²) in [7, 11) is 3.16. The molecule has 134 valence electrons. The van der Waals surface area contributed by atoms with Gasteiger partial charge in [0.05, 0.1) is 14.2 Å². The summed E-state index contributed by atoms with van der Waals surface area (Å²) in [6.45, 7) is 8.83. The molecule has 0 bridgehead atoms. The number of ether oxygens (including phenoxy) is 2. The molecule has 1 heterocycles. The highest BCUT2D eigenvalue weighted by Crippen LogP contribution is 2.46. The Bertz CT molecular complexity index is 582. The van der Waals surface area contributed by atoms with Crippen LogP contribution in [0.15, 0.2) is 18.2 Å². The molecule has 1 aromatic rings. The standard InChI is InChI=1S/C20H31NO3/c1-7-8-9-17(19(22)24-6)21-18-12-15(23-5)10-11-16(18)14(2)13-20(21,3)4/h10-12,14,17H,7-9,13H2,1-6H3/t14-,17-/m0/s1. The van der Waals surface area contributed by atoms with Crippen molar-refractivity contribution in [3.05, 3.63) is 23.8 Å². The molecule has 24 heavy (non-hydrogen) atoms. The van der Waals surface area contributed by atoms with Crippen molar-refractivity contribution in [2.24, 2.45) is 0 Å². The molecule has 4 heteroatoms. The second kappa shape index (κ2) is 7.45. The maximum atomic E-state index is 12.6. The van der Waals surface area contributed by atoms with Gasteiger partial charge in [-0.1, -0.05) is 32.8 Å². The van der Waals surface area contributed by atoms with Gasteiger partial charge in [0.1, 0.15) is 11.8 Å². The summed E-state index contributed by atoms with van der Waals surface area (Å²) >= 11 is 0. The summed E-state index contributed by atoms with van der Waals surface area (Å²) in [4.78, 5) is 14.8. The van der Waals surface area contributed by atoms with Crippen LogP contribution in [0.2, 0.25) is 0 Å². The molecule has 0 saturated carbocycles. The number of carbonyl (C=O) groups is 1. The summed E-state index contributed by atoms with van der Waals surface area (Å²) in [5.41, 5.74) is 2.26. The SMILES string of the molecule is CCCC[C@@H](C(=O)OC)N1c2cc(OC)ccc2[C@@H](C)CC1(C)C. The highest BCUT2D eigenvalue weighted by atomic mass is 16.5. The van der Waals surface area contributed by atoms with Crippen LogP contribution in [0.25, 0.3) is 0 Å². The Morgan fingerprint density at radius 2 is 2.08 bits per heavy atom. The number of rotatable bonds is 6. The Kier molecular flexibility index (Phi) is 5.79. The van der Waals surface area contributed by atoms with E-state index in [4.69, 9.17) is 9.47 Å². The van der Waals surface area contributed by atoms with E-state index >= 15 is 0 Å². The predicted molar refractivity (Wildman–Crippen MR) is 97.9 cm³/mol. The predicted octanol–water partition coefficient (Wildman–Crippen LogP) is 4.52. The van der Waals surface area contributed by atoms with Gasteiger partial charge in [-0.05, 0) is 44.2 Å². The summed E-state index contributed by atoms with van der Waals surface area (Å²) in [5.74, 6) is 1.12. The first-order valence-electron chi connectivity index (χ1n) is 8.90. The molecule has 1 aliphatic heterocycles. The lowest BCUT2D eigenvalue weighted by Gasteiger charge is -2.50. The lowest BCUT2D eigenvalue weighted by molar-refractivity contribution is -0.142. The maximum absolute atomic E-state index is 12.6. The fourth-order valence-electron chi connectivity index (χ4n) is 4.04. The van der Waals surface area contributed by atoms with Gasteiger partial charge < -0.3 is 14.4 Å². The average Bonchev–Trinajstić information content (AvgIpc) is 2.55. The zero-order valence-electron chi connectivity index (χ0n) is 15.9. The molecule has 0 fully saturated rings. The van der Waals surface area contributed by atoms with Crippen LogP contribution in [0.1, 0.15) is 64.9 Å². The lowest BCUT2D eigenvalue weighted by Crippen LogP contribution is -2.56. The topological polar surface area (TPSA) is 38.8 Å². The normalized spacial score (nSPS) is 20.2. The molecule has 0 amide bonds. The number of esters is 1. The number of benzene rings is 1. The van der Waals surface area contributed by atoms with Crippen molar-refractivity contribution in [1.82, 2.24) is 0 Å². The van der Waals surface area contributed by atoms with E-state index in [9.17, 15) is 4.79 Å². The van der Waals surface area contributed by atoms with Crippen molar-refractivity contribution in [1.29, 1.82) is 0 Å². The first kappa shape index (κ1) is 18.6. The number of unbranched alkanes of at least 4 members (excludes halogenated alkanes) is 1. The Hall–Kier alpha value is -1.71. The molecule has 1 aliphatic rings. The van der Waals surface area contributed by atoms with Gasteiger partial charge in [-0.15, -0.1) is 0 Å². The number of methoxy groups -OCH3 is 2. The molecular weight excluding hydrogens is 302 g/mol. The van der Waals surface area contributed by atoms with E-state index in [1.165, 1.54) is 12.7 Å². The van der Waals surface area contributed by atoms with Crippen LogP contribution in [-0.2, 0) is 9.53 Å². The number of hydrogen-bond donors (Lipinski definition) is 0. The molecule has 0 radical (unpaired) electrons. The van der Waals surface area contributed by atoms with Crippen LogP contribution in [0.4, 0.5) is 5.69 Å². The van der Waals surface area contributed by atoms with Gasteiger partial charge in [0.2, 0.25) is 0 Å². The molecular formula is C20H31NO3. The summed E-state index contributed by atoms with van der Waals surface area (Å²) in [6.07, 6.45) is 3.87. The van der Waals surface area contributed by atoms with Gasteiger partial charge in [0.15, 0.2) is 0 Å². The van der Waals surface area contributed by atoms with Crippen LogP contribution >= 0.6 is 0 Å². The molecule has 0 aromatic heterocycles. The second-order valence-corrected chi connectivity index (χ2v) is 7.39. The van der Waals surface area contributed by atoms with Crippen molar-refractivity contribution in [2.75, 3.05) is 19.1 Å². The minimum Gasteiger partial charge on any atom is -0.497 e. The number of hydrogen-bond acceptors (Lipinski definition) is 4. The zero-order valence-corrected chi connectivity index (χ0v) is 15.9. The minimum absolute atomic E-state index is 0.120. The van der Waals surface area contributed by atoms with E-state index in [1.807, 2.05) is 6.07 Å². The number of anilines is 1. The summed E-state index contributed by atoms with van der Waals surface area (Å²) in [6, 6.07) is 5.94. The number of carbonyl (C=O) groups excluding carboxylic acids is 1. The van der Waals surface area contributed by atoms with Crippen LogP contribution in [0, 0.1) is 0 Å². The van der Waals surface area contributed by atoms with Crippen LogP contribution in [0.3, 0.4) is 0 Å². The lowest BCUT2D eigenvalue weighted by atomic mass is 9.78. The van der Waals surface area contributed by atoms with Gasteiger partial charge in [0, 0.05) is 17.3 Å². The Balaban J connectivity index is 2.55. The average molecular weight is 333 g/mol. The van der Waals surface area contributed by atoms with Gasteiger partial charge >= 0.3 is 5.97 Å². The molecule has 0 unspecified atom stereocenters. The van der Waals surface area contributed by atoms with Gasteiger partial charge in [0.25, 0.3) is 0 Å². The molecule has 1 aromatic carbocycles. The third kappa shape index (κ3) is 3.52. The van der Waals surface area contributed by atoms with Crippen molar-refractivity contribution in [3.63, 3.8) is 0 Å². The van der Waals surface area contributed by atoms with E-state index in [1.54, 1.807) is 7.11 Å². The minimum atomic E-state index is -0.261. The van der Waals surface area contributed by atoms with Crippen LogP contribution in [0.5, 0.6) is 5.75 Å². The fraction of sp³-hybridized carbons (Fsp3) is 0.650. The monoisotopic (exact) mass is 333 g/mol. The molecule has 0 N–H and O–H groups in total. The van der Waals surface area contributed by atoms with Crippen LogP contribution in [-0.4, -0.2) is 31.8 Å². The largest absolute Gasteiger partial charge is 0.497 e. The molecule has 2 atom stereocenters. The van der Waals surface area contributed by atoms with E-state index < -0.39 is 0 Å². The van der Waals surface area contributed by atoms with E-state index in [-0.39, 0.29) is 17.6 Å². The highest BCUT2D eigenvalue weighted by molar-refractivity contribution is 5.82. The first-order valence-corrected chi connectivity index (χ1v) is 8.90. The van der Waals surface area contributed by atoms with Crippen molar-refractivity contribution >= 4 is 11.7 Å². The van der Waals surface area contributed by atoms with E-state index in [0.717, 1.165) is 37.1 Å². The zero-order chi connectivity index (χ0) is 17.9. The van der Waals surface area contributed by atoms with E-state index in [2.05, 4.69) is 44.7 Å². The summed E-state index contributed by atoms with van der Waals surface area (Å²) < 4.78 is 10.6. The van der Waals surface area contributed by atoms with Gasteiger partial charge in [-0.25, -0.2) is 4.79 Å². The molecule has 0 saturated heterocycles. The van der Waals surface area contributed by atoms with Crippen molar-refractivity contribution in [2.45, 2.75) is 70.9 Å². The van der Waals surface area contributed by atoms with Crippen LogP contribution < -0.4 is 9.64 Å². The first-order chi connectivity index (χ1) is 11.4.